The molecule has 3 aromatic carbocycles. The van der Waals surface area contributed by atoms with E-state index >= 15 is 0 Å². The summed E-state index contributed by atoms with van der Waals surface area (Å²) in [6.45, 7) is 1.83. The highest BCUT2D eigenvalue weighted by molar-refractivity contribution is 5.85. The van der Waals surface area contributed by atoms with Gasteiger partial charge in [-0.05, 0) is 72.7 Å². The van der Waals surface area contributed by atoms with E-state index in [9.17, 15) is 18.0 Å². The molecule has 1 aliphatic carbocycles. The van der Waals surface area contributed by atoms with Crippen molar-refractivity contribution in [3.63, 3.8) is 0 Å². The minimum atomic E-state index is -4.44. The lowest BCUT2D eigenvalue weighted by Gasteiger charge is -2.18. The molecule has 3 heterocycles. The monoisotopic (exact) mass is 529 g/mol. The molecule has 5 nitrogen and oxygen atoms in total. The van der Waals surface area contributed by atoms with E-state index in [0.717, 1.165) is 53.0 Å². The molecule has 2 aromatic heterocycles. The lowest BCUT2D eigenvalue weighted by Crippen LogP contribution is -2.30. The predicted molar refractivity (Wildman–Crippen MR) is 143 cm³/mol. The maximum Gasteiger partial charge on any atom is 0.416 e. The number of furan rings is 1. The van der Waals surface area contributed by atoms with E-state index in [1.54, 1.807) is 6.26 Å². The van der Waals surface area contributed by atoms with Crippen molar-refractivity contribution in [3.05, 3.63) is 78.6 Å². The zero-order valence-electron chi connectivity index (χ0n) is 21.1. The first-order chi connectivity index (χ1) is 18.8. The maximum atomic E-state index is 13.6. The normalized spacial score (nSPS) is 17.9. The number of likely N-dealkylation sites (tertiary alicyclic amines) is 1. The summed E-state index contributed by atoms with van der Waals surface area (Å²) in [6.07, 6.45) is -0.0312. The number of carbonyl (C=O) groups is 1. The van der Waals surface area contributed by atoms with Crippen molar-refractivity contribution in [3.8, 4) is 22.5 Å². The smallest absolute Gasteiger partial charge is 0.416 e. The standard InChI is InChI=1S/C31H26F3N3O2/c32-31(33,34)25-8-9-26-27(16-25)37(18-19-11-13-36(17-19)30(38)22-5-6-22)29(35-26)21-3-1-20(2-4-21)23-7-10-28-24(15-23)12-14-39-28/h1-4,7-10,12,14-16,19,22H,5-6,11,13,17-18H2. The number of fused-ring (bicyclic) bond motifs is 2. The van der Waals surface area contributed by atoms with Crippen LogP contribution in [0.15, 0.2) is 77.4 Å². The van der Waals surface area contributed by atoms with Gasteiger partial charge in [0.15, 0.2) is 0 Å². The maximum absolute atomic E-state index is 13.6. The third-order valence-corrected chi connectivity index (χ3v) is 7.97. The zero-order valence-corrected chi connectivity index (χ0v) is 21.1. The molecule has 1 saturated carbocycles. The number of carbonyl (C=O) groups excluding carboxylic acids is 1. The largest absolute Gasteiger partial charge is 0.464 e. The van der Waals surface area contributed by atoms with Crippen LogP contribution in [-0.2, 0) is 17.5 Å². The summed E-state index contributed by atoms with van der Waals surface area (Å²) in [4.78, 5) is 19.3. The number of hydrogen-bond donors (Lipinski definition) is 0. The van der Waals surface area contributed by atoms with Crippen LogP contribution in [0.5, 0.6) is 0 Å². The van der Waals surface area contributed by atoms with Gasteiger partial charge in [-0.2, -0.15) is 13.2 Å². The SMILES string of the molecule is O=C(C1CC1)N1CCC(Cn2c(-c3ccc(-c4ccc5occc5c4)cc3)nc3ccc(C(F)(F)F)cc32)C1. The molecule has 0 N–H and O–H groups in total. The average Bonchev–Trinajstić information content (AvgIpc) is 3.33. The van der Waals surface area contributed by atoms with Crippen LogP contribution >= 0.6 is 0 Å². The van der Waals surface area contributed by atoms with E-state index in [2.05, 4.69) is 6.07 Å². The van der Waals surface area contributed by atoms with E-state index in [1.807, 2.05) is 51.9 Å². The van der Waals surface area contributed by atoms with Gasteiger partial charge >= 0.3 is 6.18 Å². The molecule has 2 fully saturated rings. The molecule has 198 valence electrons. The van der Waals surface area contributed by atoms with Crippen LogP contribution in [0.4, 0.5) is 13.2 Å². The van der Waals surface area contributed by atoms with Crippen LogP contribution in [0.1, 0.15) is 24.8 Å². The Kier molecular flexibility index (Phi) is 5.54. The van der Waals surface area contributed by atoms with Crippen molar-refractivity contribution in [2.24, 2.45) is 11.8 Å². The number of alkyl halides is 3. The van der Waals surface area contributed by atoms with Gasteiger partial charge in [-0.15, -0.1) is 0 Å². The number of halogens is 3. The fraction of sp³-hybridized carbons (Fsp3) is 0.290. The summed E-state index contributed by atoms with van der Waals surface area (Å²) in [5.74, 6) is 1.17. The van der Waals surface area contributed by atoms with E-state index in [0.29, 0.717) is 36.5 Å². The van der Waals surface area contributed by atoms with Crippen LogP contribution in [0.2, 0.25) is 0 Å². The first-order valence-electron chi connectivity index (χ1n) is 13.3. The van der Waals surface area contributed by atoms with Gasteiger partial charge in [-0.25, -0.2) is 4.98 Å². The average molecular weight is 530 g/mol. The molecule has 8 heteroatoms. The first kappa shape index (κ1) is 24.0. The number of imidazole rings is 1. The Labute approximate surface area is 222 Å². The van der Waals surface area contributed by atoms with E-state index in [4.69, 9.17) is 9.40 Å². The summed E-state index contributed by atoms with van der Waals surface area (Å²) in [6, 6.07) is 19.6. The summed E-state index contributed by atoms with van der Waals surface area (Å²) in [7, 11) is 0. The van der Waals surface area contributed by atoms with Gasteiger partial charge in [0.2, 0.25) is 5.91 Å². The molecule has 1 aliphatic heterocycles. The van der Waals surface area contributed by atoms with Crippen LogP contribution in [0.25, 0.3) is 44.5 Å². The second kappa shape index (κ2) is 9.00. The molecule has 1 amide bonds. The van der Waals surface area contributed by atoms with Crippen molar-refractivity contribution >= 4 is 27.9 Å². The Balaban J connectivity index is 1.24. The molecule has 0 radical (unpaired) electrons. The van der Waals surface area contributed by atoms with Gasteiger partial charge in [0.25, 0.3) is 0 Å². The number of benzene rings is 3. The molecule has 5 aromatic rings. The minimum Gasteiger partial charge on any atom is -0.464 e. The molecule has 1 saturated heterocycles. The van der Waals surface area contributed by atoms with Crippen LogP contribution in [-0.4, -0.2) is 33.4 Å². The topological polar surface area (TPSA) is 51.3 Å². The molecular weight excluding hydrogens is 503 g/mol. The summed E-state index contributed by atoms with van der Waals surface area (Å²) >= 11 is 0. The number of aromatic nitrogens is 2. The number of rotatable bonds is 5. The molecule has 1 atom stereocenters. The number of amides is 1. The Morgan fingerprint density at radius 3 is 2.46 bits per heavy atom. The molecular formula is C31H26F3N3O2. The number of hydrogen-bond acceptors (Lipinski definition) is 3. The lowest BCUT2D eigenvalue weighted by atomic mass is 10.0. The van der Waals surface area contributed by atoms with Crippen molar-refractivity contribution in [2.75, 3.05) is 13.1 Å². The first-order valence-corrected chi connectivity index (χ1v) is 13.3. The Bertz CT molecular complexity index is 1700. The van der Waals surface area contributed by atoms with Crippen molar-refractivity contribution in [1.29, 1.82) is 0 Å². The van der Waals surface area contributed by atoms with Gasteiger partial charge in [0.1, 0.15) is 11.4 Å². The zero-order chi connectivity index (χ0) is 26.7. The van der Waals surface area contributed by atoms with E-state index in [1.165, 1.54) is 12.1 Å². The van der Waals surface area contributed by atoms with Gasteiger partial charge in [-0.3, -0.25) is 4.79 Å². The Morgan fingerprint density at radius 2 is 1.69 bits per heavy atom. The van der Waals surface area contributed by atoms with Crippen molar-refractivity contribution in [2.45, 2.75) is 32.0 Å². The third kappa shape index (κ3) is 4.47. The highest BCUT2D eigenvalue weighted by Crippen LogP contribution is 2.36. The van der Waals surface area contributed by atoms with Crippen molar-refractivity contribution in [1.82, 2.24) is 14.5 Å². The Hall–Kier alpha value is -4.07. The van der Waals surface area contributed by atoms with Crippen LogP contribution < -0.4 is 0 Å². The Morgan fingerprint density at radius 1 is 0.923 bits per heavy atom. The van der Waals surface area contributed by atoms with Gasteiger partial charge < -0.3 is 13.9 Å². The highest BCUT2D eigenvalue weighted by atomic mass is 19.4. The summed E-state index contributed by atoms with van der Waals surface area (Å²) < 4.78 is 48.2. The highest BCUT2D eigenvalue weighted by Gasteiger charge is 2.37. The van der Waals surface area contributed by atoms with Crippen molar-refractivity contribution < 1.29 is 22.4 Å². The van der Waals surface area contributed by atoms with Gasteiger partial charge in [-0.1, -0.05) is 30.3 Å². The number of nitrogens with zero attached hydrogens (tertiary/aromatic N) is 3. The second-order valence-corrected chi connectivity index (χ2v) is 10.7. The lowest BCUT2D eigenvalue weighted by molar-refractivity contribution is -0.137. The van der Waals surface area contributed by atoms with E-state index in [-0.39, 0.29) is 17.7 Å². The fourth-order valence-corrected chi connectivity index (χ4v) is 5.69. The fourth-order valence-electron chi connectivity index (χ4n) is 5.69. The molecule has 0 bridgehead atoms. The van der Waals surface area contributed by atoms with Gasteiger partial charge in [0, 0.05) is 36.5 Å². The summed E-state index contributed by atoms with van der Waals surface area (Å²) in [5, 5.41) is 1.02. The second-order valence-electron chi connectivity index (χ2n) is 10.7. The molecule has 0 spiro atoms. The molecule has 2 aliphatic rings. The predicted octanol–water partition coefficient (Wildman–Crippen LogP) is 7.39. The quantitative estimate of drug-likeness (QED) is 0.239. The van der Waals surface area contributed by atoms with Crippen LogP contribution in [0.3, 0.4) is 0 Å². The van der Waals surface area contributed by atoms with Gasteiger partial charge in [0.05, 0.1) is 22.9 Å². The molecule has 39 heavy (non-hydrogen) atoms. The molecule has 7 rings (SSSR count). The third-order valence-electron chi connectivity index (χ3n) is 7.97. The molecule has 1 unspecified atom stereocenters. The summed E-state index contributed by atoms with van der Waals surface area (Å²) in [5.41, 5.74) is 4.02. The van der Waals surface area contributed by atoms with E-state index < -0.39 is 11.7 Å². The minimum absolute atomic E-state index is 0.152. The van der Waals surface area contributed by atoms with Crippen LogP contribution in [0, 0.1) is 11.8 Å².